The Labute approximate surface area is 158 Å². The van der Waals surface area contributed by atoms with Crippen LogP contribution in [0.4, 0.5) is 4.79 Å². The molecule has 0 N–H and O–H groups in total. The number of amides is 2. The minimum atomic E-state index is -1.43. The van der Waals surface area contributed by atoms with Crippen molar-refractivity contribution in [1.29, 1.82) is 0 Å². The Hall–Kier alpha value is -3.01. The molecule has 2 amide bonds. The molecule has 0 aliphatic carbocycles. The lowest BCUT2D eigenvalue weighted by atomic mass is 10.1. The molecule has 10 heteroatoms. The van der Waals surface area contributed by atoms with Gasteiger partial charge in [-0.1, -0.05) is 12.1 Å². The third-order valence-electron chi connectivity index (χ3n) is 3.53. The van der Waals surface area contributed by atoms with Crippen LogP contribution in [0.15, 0.2) is 23.1 Å². The summed E-state index contributed by atoms with van der Waals surface area (Å²) in [6, 6.07) is 4.73. The molecule has 0 saturated carbocycles. The highest BCUT2D eigenvalue weighted by Crippen LogP contribution is 2.37. The van der Waals surface area contributed by atoms with E-state index in [2.05, 4.69) is 4.74 Å². The lowest BCUT2D eigenvalue weighted by Crippen LogP contribution is -2.37. The standard InChI is InChI=1S/C17H17NO8S/c1-9(16(21)22)26-14-10(5-4-6-11(14)24-2)7-12-15(20)18(17(23)27-12)8-13(19)25-3/h4-7,9H,8H2,1-3H3,(H,21,22)/p-1/b12-7+/t9-/m1/s1. The average Bonchev–Trinajstić information content (AvgIpc) is 2.90. The molecule has 2 rings (SSSR count). The van der Waals surface area contributed by atoms with Gasteiger partial charge in [0.2, 0.25) is 0 Å². The van der Waals surface area contributed by atoms with E-state index in [0.29, 0.717) is 17.3 Å². The van der Waals surface area contributed by atoms with Crippen molar-refractivity contribution in [2.24, 2.45) is 0 Å². The third-order valence-corrected chi connectivity index (χ3v) is 4.44. The van der Waals surface area contributed by atoms with E-state index in [-0.39, 0.29) is 16.4 Å². The lowest BCUT2D eigenvalue weighted by molar-refractivity contribution is -0.312. The quantitative estimate of drug-likeness (QED) is 0.478. The number of ether oxygens (including phenoxy) is 3. The monoisotopic (exact) mass is 394 g/mol. The number of nitrogens with zero attached hydrogens (tertiary/aromatic N) is 1. The molecule has 0 aromatic heterocycles. The van der Waals surface area contributed by atoms with Crippen molar-refractivity contribution in [3.63, 3.8) is 0 Å². The fourth-order valence-electron chi connectivity index (χ4n) is 2.13. The number of rotatable bonds is 7. The van der Waals surface area contributed by atoms with Crippen molar-refractivity contribution in [3.8, 4) is 11.5 Å². The highest BCUT2D eigenvalue weighted by Gasteiger charge is 2.36. The van der Waals surface area contributed by atoms with E-state index in [1.165, 1.54) is 20.1 Å². The molecule has 0 bridgehead atoms. The SMILES string of the molecule is COC(=O)CN1C(=O)S/C(=C/c2cccc(OC)c2O[C@H](C)C(=O)[O-])C1=O. The summed E-state index contributed by atoms with van der Waals surface area (Å²) in [7, 11) is 2.52. The van der Waals surface area contributed by atoms with Crippen molar-refractivity contribution in [2.75, 3.05) is 20.8 Å². The zero-order valence-corrected chi connectivity index (χ0v) is 15.5. The molecule has 1 saturated heterocycles. The average molecular weight is 394 g/mol. The Bertz CT molecular complexity index is 819. The number of imide groups is 1. The summed E-state index contributed by atoms with van der Waals surface area (Å²) in [4.78, 5) is 47.5. The minimum Gasteiger partial charge on any atom is -0.546 e. The maximum absolute atomic E-state index is 12.4. The minimum absolute atomic E-state index is 0.0445. The van der Waals surface area contributed by atoms with Gasteiger partial charge >= 0.3 is 5.97 Å². The van der Waals surface area contributed by atoms with Gasteiger partial charge in [-0.2, -0.15) is 0 Å². The predicted octanol–water partition coefficient (Wildman–Crippen LogP) is 0.422. The number of aliphatic carboxylic acids is 1. The van der Waals surface area contributed by atoms with Gasteiger partial charge in [0.25, 0.3) is 11.1 Å². The van der Waals surface area contributed by atoms with E-state index in [9.17, 15) is 24.3 Å². The van der Waals surface area contributed by atoms with Crippen molar-refractivity contribution in [1.82, 2.24) is 4.90 Å². The number of carboxylic acids is 1. The molecule has 0 spiro atoms. The zero-order chi connectivity index (χ0) is 20.1. The number of carbonyl (C=O) groups is 4. The second-order valence-electron chi connectivity index (χ2n) is 5.30. The van der Waals surface area contributed by atoms with Crippen LogP contribution in [0.3, 0.4) is 0 Å². The maximum atomic E-state index is 12.4. The second kappa shape index (κ2) is 8.58. The van der Waals surface area contributed by atoms with Crippen LogP contribution in [0.25, 0.3) is 6.08 Å². The molecule has 0 radical (unpaired) electrons. The van der Waals surface area contributed by atoms with Crippen molar-refractivity contribution >= 4 is 40.9 Å². The van der Waals surface area contributed by atoms with E-state index in [0.717, 1.165) is 12.0 Å². The fraction of sp³-hybridized carbons (Fsp3) is 0.294. The first-order valence-corrected chi connectivity index (χ1v) is 8.46. The number of methoxy groups -OCH3 is 2. The van der Waals surface area contributed by atoms with Crippen LogP contribution in [0.2, 0.25) is 0 Å². The van der Waals surface area contributed by atoms with Crippen LogP contribution >= 0.6 is 11.8 Å². The van der Waals surface area contributed by atoms with E-state index < -0.39 is 35.7 Å². The van der Waals surface area contributed by atoms with Gasteiger partial charge in [0, 0.05) is 5.56 Å². The number of esters is 1. The molecule has 1 aliphatic rings. The van der Waals surface area contributed by atoms with Crippen LogP contribution < -0.4 is 14.6 Å². The van der Waals surface area contributed by atoms with Gasteiger partial charge in [0.15, 0.2) is 11.5 Å². The summed E-state index contributed by atoms with van der Waals surface area (Å²) in [6.07, 6.45) is 0.0880. The Morgan fingerprint density at radius 2 is 2.00 bits per heavy atom. The van der Waals surface area contributed by atoms with Crippen LogP contribution in [-0.2, 0) is 19.1 Å². The van der Waals surface area contributed by atoms with Crippen molar-refractivity contribution in [2.45, 2.75) is 13.0 Å². The summed E-state index contributed by atoms with van der Waals surface area (Å²) in [5.41, 5.74) is 0.325. The number of thioether (sulfide) groups is 1. The lowest BCUT2D eigenvalue weighted by Gasteiger charge is -2.19. The van der Waals surface area contributed by atoms with Crippen LogP contribution in [0.5, 0.6) is 11.5 Å². The van der Waals surface area contributed by atoms with Crippen molar-refractivity contribution in [3.05, 3.63) is 28.7 Å². The molecule has 27 heavy (non-hydrogen) atoms. The highest BCUT2D eigenvalue weighted by atomic mass is 32.2. The Kier molecular flexibility index (Phi) is 6.45. The smallest absolute Gasteiger partial charge is 0.325 e. The molecule has 1 heterocycles. The molecule has 1 aromatic carbocycles. The number of hydrogen-bond donors (Lipinski definition) is 0. The third kappa shape index (κ3) is 4.59. The molecule has 144 valence electrons. The predicted molar refractivity (Wildman–Crippen MR) is 92.8 cm³/mol. The summed E-state index contributed by atoms with van der Waals surface area (Å²) in [6.45, 7) is 0.789. The van der Waals surface area contributed by atoms with E-state index in [4.69, 9.17) is 9.47 Å². The second-order valence-corrected chi connectivity index (χ2v) is 6.29. The molecule has 9 nitrogen and oxygen atoms in total. The number of para-hydroxylation sites is 1. The topological polar surface area (TPSA) is 122 Å². The largest absolute Gasteiger partial charge is 0.546 e. The van der Waals surface area contributed by atoms with E-state index in [1.807, 2.05) is 0 Å². The number of carboxylic acid groups (broad SMARTS) is 1. The number of carbonyl (C=O) groups excluding carboxylic acids is 4. The molecule has 1 fully saturated rings. The first-order valence-electron chi connectivity index (χ1n) is 7.65. The number of benzene rings is 1. The summed E-state index contributed by atoms with van der Waals surface area (Å²) in [5, 5.41) is 10.4. The van der Waals surface area contributed by atoms with Crippen LogP contribution in [0, 0.1) is 0 Å². The van der Waals surface area contributed by atoms with Gasteiger partial charge in [-0.3, -0.25) is 19.3 Å². The Balaban J connectivity index is 2.38. The van der Waals surface area contributed by atoms with Crippen molar-refractivity contribution < 1.29 is 38.5 Å². The fourth-order valence-corrected chi connectivity index (χ4v) is 2.96. The van der Waals surface area contributed by atoms with Gasteiger partial charge in [-0.05, 0) is 30.8 Å². The molecular weight excluding hydrogens is 378 g/mol. The first-order chi connectivity index (χ1) is 12.8. The van der Waals surface area contributed by atoms with Gasteiger partial charge in [-0.25, -0.2) is 0 Å². The van der Waals surface area contributed by atoms with Gasteiger partial charge in [-0.15, -0.1) is 0 Å². The van der Waals surface area contributed by atoms with E-state index >= 15 is 0 Å². The molecule has 1 aromatic rings. The van der Waals surface area contributed by atoms with Gasteiger partial charge in [0.1, 0.15) is 12.6 Å². The van der Waals surface area contributed by atoms with Gasteiger partial charge < -0.3 is 24.1 Å². The van der Waals surface area contributed by atoms with Crippen LogP contribution in [0.1, 0.15) is 12.5 Å². The highest BCUT2D eigenvalue weighted by molar-refractivity contribution is 8.18. The van der Waals surface area contributed by atoms with E-state index in [1.54, 1.807) is 18.2 Å². The molecule has 1 aliphatic heterocycles. The summed E-state index contributed by atoms with van der Waals surface area (Å²) < 4.78 is 15.0. The first kappa shape index (κ1) is 20.3. The normalized spacial score (nSPS) is 16.4. The van der Waals surface area contributed by atoms with Gasteiger partial charge in [0.05, 0.1) is 25.1 Å². The molecular formula is C17H16NO8S-. The number of hydrogen-bond acceptors (Lipinski definition) is 9. The Morgan fingerprint density at radius 1 is 1.30 bits per heavy atom. The molecule has 0 unspecified atom stereocenters. The molecule has 1 atom stereocenters. The zero-order valence-electron chi connectivity index (χ0n) is 14.7. The maximum Gasteiger partial charge on any atom is 0.325 e. The Morgan fingerprint density at radius 3 is 2.59 bits per heavy atom. The van der Waals surface area contributed by atoms with Crippen LogP contribution in [-0.4, -0.2) is 54.9 Å². The summed E-state index contributed by atoms with van der Waals surface area (Å²) in [5.74, 6) is -2.50. The summed E-state index contributed by atoms with van der Waals surface area (Å²) >= 11 is 0.642.